The lowest BCUT2D eigenvalue weighted by atomic mass is 10.2. The van der Waals surface area contributed by atoms with Gasteiger partial charge in [0.2, 0.25) is 0 Å². The number of carbonyl (C=O) groups is 2. The maximum Gasteiger partial charge on any atom is 0.338 e. The first kappa shape index (κ1) is 25.0. The standard InChI is InChI=1S/C18H20N2O5.C6H6O2/c19-15-5-1-3-13(11-15)17(21)24-9-7-23-8-10-25-18(22)14-4-2-6-16(20)12-14;7-5-1-2-6(8)4-3-5/h1-6,11-12H,7-10,19-20H2;1-4,7-8H. The first-order chi connectivity index (χ1) is 15.8. The average molecular weight is 454 g/mol. The van der Waals surface area contributed by atoms with Crippen molar-refractivity contribution in [3.8, 4) is 11.5 Å². The minimum atomic E-state index is -0.469. The summed E-state index contributed by atoms with van der Waals surface area (Å²) in [5.74, 6) is -0.599. The van der Waals surface area contributed by atoms with Crippen molar-refractivity contribution in [2.24, 2.45) is 0 Å². The third kappa shape index (κ3) is 9.62. The van der Waals surface area contributed by atoms with E-state index in [9.17, 15) is 9.59 Å². The average Bonchev–Trinajstić information content (AvgIpc) is 2.80. The molecule has 0 aliphatic rings. The number of benzene rings is 3. The molecule has 0 radical (unpaired) electrons. The zero-order valence-corrected chi connectivity index (χ0v) is 17.8. The van der Waals surface area contributed by atoms with Crippen LogP contribution in [-0.4, -0.2) is 48.6 Å². The molecule has 3 aromatic carbocycles. The summed E-state index contributed by atoms with van der Waals surface area (Å²) in [5.41, 5.74) is 13.0. The van der Waals surface area contributed by atoms with Crippen LogP contribution in [-0.2, 0) is 14.2 Å². The zero-order chi connectivity index (χ0) is 24.1. The van der Waals surface area contributed by atoms with Gasteiger partial charge in [-0.1, -0.05) is 12.1 Å². The van der Waals surface area contributed by atoms with E-state index < -0.39 is 11.9 Å². The van der Waals surface area contributed by atoms with Crippen molar-refractivity contribution in [3.63, 3.8) is 0 Å². The van der Waals surface area contributed by atoms with E-state index in [1.807, 2.05) is 0 Å². The van der Waals surface area contributed by atoms with Crippen LogP contribution in [0.15, 0.2) is 72.8 Å². The Bertz CT molecular complexity index is 956. The van der Waals surface area contributed by atoms with Crippen molar-refractivity contribution in [2.45, 2.75) is 0 Å². The van der Waals surface area contributed by atoms with Gasteiger partial charge in [-0.05, 0) is 60.7 Å². The minimum absolute atomic E-state index is 0.0940. The van der Waals surface area contributed by atoms with Crippen LogP contribution in [0.25, 0.3) is 0 Å². The summed E-state index contributed by atoms with van der Waals surface area (Å²) in [6, 6.07) is 18.8. The van der Waals surface area contributed by atoms with Crippen LogP contribution in [0.5, 0.6) is 11.5 Å². The summed E-state index contributed by atoms with van der Waals surface area (Å²) >= 11 is 0. The third-order valence-corrected chi connectivity index (χ3v) is 4.02. The molecule has 0 fully saturated rings. The van der Waals surface area contributed by atoms with E-state index in [0.717, 1.165) is 0 Å². The number of anilines is 2. The molecule has 9 heteroatoms. The minimum Gasteiger partial charge on any atom is -0.508 e. The number of esters is 2. The predicted octanol–water partition coefficient (Wildman–Crippen LogP) is 2.98. The van der Waals surface area contributed by atoms with E-state index >= 15 is 0 Å². The number of aromatic hydroxyl groups is 2. The Morgan fingerprint density at radius 2 is 1.03 bits per heavy atom. The molecule has 6 N–H and O–H groups in total. The molecule has 174 valence electrons. The molecule has 0 heterocycles. The molecule has 0 saturated carbocycles. The van der Waals surface area contributed by atoms with Crippen molar-refractivity contribution >= 4 is 23.3 Å². The van der Waals surface area contributed by atoms with Crippen LogP contribution >= 0.6 is 0 Å². The quantitative estimate of drug-likeness (QED) is 0.174. The van der Waals surface area contributed by atoms with Crippen LogP contribution in [0.4, 0.5) is 11.4 Å². The van der Waals surface area contributed by atoms with E-state index in [2.05, 4.69) is 0 Å². The highest BCUT2D eigenvalue weighted by Crippen LogP contribution is 2.13. The molecule has 0 saturated heterocycles. The van der Waals surface area contributed by atoms with Gasteiger partial charge in [-0.25, -0.2) is 9.59 Å². The van der Waals surface area contributed by atoms with E-state index in [-0.39, 0.29) is 37.9 Å². The summed E-state index contributed by atoms with van der Waals surface area (Å²) in [7, 11) is 0. The maximum absolute atomic E-state index is 11.7. The van der Waals surface area contributed by atoms with Crippen molar-refractivity contribution in [3.05, 3.63) is 83.9 Å². The number of carbonyl (C=O) groups excluding carboxylic acids is 2. The fourth-order valence-corrected chi connectivity index (χ4v) is 2.44. The summed E-state index contributed by atoms with van der Waals surface area (Å²) < 4.78 is 15.4. The number of hydrogen-bond donors (Lipinski definition) is 4. The zero-order valence-electron chi connectivity index (χ0n) is 17.8. The number of phenolic OH excluding ortho intramolecular Hbond substituents is 2. The van der Waals surface area contributed by atoms with Gasteiger partial charge in [-0.3, -0.25) is 0 Å². The summed E-state index contributed by atoms with van der Waals surface area (Å²) in [5, 5.41) is 17.3. The van der Waals surface area contributed by atoms with Gasteiger partial charge in [0.05, 0.1) is 24.3 Å². The fourth-order valence-electron chi connectivity index (χ4n) is 2.44. The number of hydrogen-bond acceptors (Lipinski definition) is 9. The van der Waals surface area contributed by atoms with Crippen LogP contribution in [0.1, 0.15) is 20.7 Å². The van der Waals surface area contributed by atoms with Gasteiger partial charge in [0, 0.05) is 11.4 Å². The number of ether oxygens (including phenoxy) is 3. The maximum atomic E-state index is 11.7. The summed E-state index contributed by atoms with van der Waals surface area (Å²) in [6.07, 6.45) is 0. The topological polar surface area (TPSA) is 154 Å². The van der Waals surface area contributed by atoms with E-state index in [1.165, 1.54) is 24.3 Å². The van der Waals surface area contributed by atoms with Gasteiger partial charge >= 0.3 is 11.9 Å². The number of nitrogen functional groups attached to an aromatic ring is 2. The Labute approximate surface area is 191 Å². The van der Waals surface area contributed by atoms with Crippen LogP contribution in [0.3, 0.4) is 0 Å². The molecule has 0 aliphatic carbocycles. The molecule has 33 heavy (non-hydrogen) atoms. The fraction of sp³-hybridized carbons (Fsp3) is 0.167. The van der Waals surface area contributed by atoms with E-state index in [0.29, 0.717) is 22.5 Å². The molecule has 0 amide bonds. The smallest absolute Gasteiger partial charge is 0.338 e. The number of nitrogens with two attached hydrogens (primary N) is 2. The Morgan fingerprint density at radius 1 is 0.636 bits per heavy atom. The second-order valence-corrected chi connectivity index (χ2v) is 6.65. The van der Waals surface area contributed by atoms with Crippen molar-refractivity contribution in [1.82, 2.24) is 0 Å². The van der Waals surface area contributed by atoms with Gasteiger partial charge < -0.3 is 35.9 Å². The second-order valence-electron chi connectivity index (χ2n) is 6.65. The normalized spacial score (nSPS) is 9.94. The van der Waals surface area contributed by atoms with Gasteiger partial charge in [0.1, 0.15) is 24.7 Å². The van der Waals surface area contributed by atoms with Gasteiger partial charge in [-0.2, -0.15) is 0 Å². The second kappa shape index (κ2) is 13.2. The van der Waals surface area contributed by atoms with E-state index in [4.69, 9.17) is 35.9 Å². The Kier molecular flexibility index (Phi) is 10.0. The molecule has 0 unspecified atom stereocenters. The Morgan fingerprint density at radius 3 is 1.39 bits per heavy atom. The monoisotopic (exact) mass is 454 g/mol. The highest BCUT2D eigenvalue weighted by atomic mass is 16.6. The highest BCUT2D eigenvalue weighted by Gasteiger charge is 2.08. The highest BCUT2D eigenvalue weighted by molar-refractivity contribution is 5.90. The first-order valence-electron chi connectivity index (χ1n) is 9.96. The van der Waals surface area contributed by atoms with Gasteiger partial charge in [0.15, 0.2) is 0 Å². The van der Waals surface area contributed by atoms with Gasteiger partial charge in [-0.15, -0.1) is 0 Å². The Balaban J connectivity index is 0.000000405. The lowest BCUT2D eigenvalue weighted by molar-refractivity contribution is 0.0151. The first-order valence-corrected chi connectivity index (χ1v) is 9.96. The lowest BCUT2D eigenvalue weighted by Crippen LogP contribution is -2.15. The molecule has 0 aromatic heterocycles. The van der Waals surface area contributed by atoms with Gasteiger partial charge in [0.25, 0.3) is 0 Å². The Hall–Kier alpha value is -4.24. The van der Waals surface area contributed by atoms with Crippen LogP contribution in [0, 0.1) is 0 Å². The summed E-state index contributed by atoms with van der Waals surface area (Å²) in [6.45, 7) is 0.585. The molecule has 9 nitrogen and oxygen atoms in total. The van der Waals surface area contributed by atoms with E-state index in [1.54, 1.807) is 48.5 Å². The number of rotatable bonds is 8. The van der Waals surface area contributed by atoms with Crippen LogP contribution in [0.2, 0.25) is 0 Å². The van der Waals surface area contributed by atoms with Crippen molar-refractivity contribution < 1.29 is 34.0 Å². The molecule has 3 aromatic rings. The molecular weight excluding hydrogens is 428 g/mol. The predicted molar refractivity (Wildman–Crippen MR) is 123 cm³/mol. The molecular formula is C24H26N2O7. The SMILES string of the molecule is Nc1cccc(C(=O)OCCOCCOC(=O)c2cccc(N)c2)c1.Oc1ccc(O)cc1. The summed E-state index contributed by atoms with van der Waals surface area (Å²) in [4.78, 5) is 23.5. The van der Waals surface area contributed by atoms with Crippen molar-refractivity contribution in [1.29, 1.82) is 0 Å². The van der Waals surface area contributed by atoms with Crippen molar-refractivity contribution in [2.75, 3.05) is 37.9 Å². The third-order valence-electron chi connectivity index (χ3n) is 4.02. The molecule has 3 rings (SSSR count). The lowest BCUT2D eigenvalue weighted by Gasteiger charge is -2.08. The molecule has 0 spiro atoms. The molecule has 0 bridgehead atoms. The number of phenols is 2. The molecule has 0 atom stereocenters. The largest absolute Gasteiger partial charge is 0.508 e. The van der Waals surface area contributed by atoms with Crippen LogP contribution < -0.4 is 11.5 Å². The molecule has 0 aliphatic heterocycles.